The zero-order valence-corrected chi connectivity index (χ0v) is 15.7. The summed E-state index contributed by atoms with van der Waals surface area (Å²) in [6.45, 7) is 3.24. The van der Waals surface area contributed by atoms with Crippen LogP contribution < -0.4 is 11.1 Å². The van der Waals surface area contributed by atoms with Crippen molar-refractivity contribution in [1.82, 2.24) is 14.5 Å². The van der Waals surface area contributed by atoms with Gasteiger partial charge in [0.1, 0.15) is 0 Å². The molecule has 3 rings (SSSR count). The van der Waals surface area contributed by atoms with Gasteiger partial charge >= 0.3 is 0 Å². The number of aryl methyl sites for hydroxylation is 1. The lowest BCUT2D eigenvalue weighted by Crippen LogP contribution is -2.51. The molecular formula is C20H27N5O2. The van der Waals surface area contributed by atoms with Gasteiger partial charge in [-0.2, -0.15) is 0 Å². The second kappa shape index (κ2) is 8.81. The molecule has 3 N–H and O–H groups in total. The number of nitrogens with one attached hydrogen (secondary N) is 1. The third kappa shape index (κ3) is 4.95. The lowest BCUT2D eigenvalue weighted by molar-refractivity contribution is -0.116. The molecule has 7 heteroatoms. The van der Waals surface area contributed by atoms with E-state index in [1.165, 1.54) is 0 Å². The van der Waals surface area contributed by atoms with E-state index in [2.05, 4.69) is 10.3 Å². The monoisotopic (exact) mass is 369 g/mol. The van der Waals surface area contributed by atoms with Gasteiger partial charge in [-0.1, -0.05) is 6.07 Å². The first-order valence-electron chi connectivity index (χ1n) is 9.47. The van der Waals surface area contributed by atoms with E-state index in [1.807, 2.05) is 22.6 Å². The summed E-state index contributed by atoms with van der Waals surface area (Å²) < 4.78 is 1.85. The maximum absolute atomic E-state index is 13.0. The van der Waals surface area contributed by atoms with Gasteiger partial charge in [0.25, 0.3) is 5.91 Å². The van der Waals surface area contributed by atoms with Crippen LogP contribution in [0.4, 0.5) is 5.69 Å². The fraction of sp³-hybridized carbons (Fsp3) is 0.450. The first-order chi connectivity index (χ1) is 13.0. The molecule has 2 amide bonds. The van der Waals surface area contributed by atoms with Crippen molar-refractivity contribution in [2.75, 3.05) is 11.9 Å². The number of benzene rings is 1. The molecule has 0 spiro atoms. The minimum absolute atomic E-state index is 0.0217. The highest BCUT2D eigenvalue weighted by molar-refractivity contribution is 5.97. The van der Waals surface area contributed by atoms with Crippen molar-refractivity contribution in [3.05, 3.63) is 48.5 Å². The van der Waals surface area contributed by atoms with Gasteiger partial charge in [-0.05, 0) is 44.4 Å². The van der Waals surface area contributed by atoms with Crippen molar-refractivity contribution in [2.45, 2.75) is 51.2 Å². The first kappa shape index (κ1) is 19.1. The first-order valence-corrected chi connectivity index (χ1v) is 9.47. The van der Waals surface area contributed by atoms with Crippen LogP contribution in [0.3, 0.4) is 0 Å². The van der Waals surface area contributed by atoms with Crippen LogP contribution in [0.1, 0.15) is 43.0 Å². The molecular weight excluding hydrogens is 342 g/mol. The second-order valence-corrected chi connectivity index (χ2v) is 7.10. The van der Waals surface area contributed by atoms with E-state index >= 15 is 0 Å². The minimum atomic E-state index is -0.0975. The topological polar surface area (TPSA) is 93.3 Å². The van der Waals surface area contributed by atoms with Crippen molar-refractivity contribution < 1.29 is 9.59 Å². The summed E-state index contributed by atoms with van der Waals surface area (Å²) >= 11 is 0. The summed E-state index contributed by atoms with van der Waals surface area (Å²) in [5, 5.41) is 2.87. The summed E-state index contributed by atoms with van der Waals surface area (Å²) in [6.07, 6.45) is 8.56. The lowest BCUT2D eigenvalue weighted by Gasteiger charge is -2.38. The van der Waals surface area contributed by atoms with E-state index in [4.69, 9.17) is 5.73 Å². The maximum Gasteiger partial charge on any atom is 0.254 e. The van der Waals surface area contributed by atoms with Crippen LogP contribution in [-0.2, 0) is 11.3 Å². The van der Waals surface area contributed by atoms with Crippen molar-refractivity contribution in [3.8, 4) is 0 Å². The van der Waals surface area contributed by atoms with Gasteiger partial charge in [0.2, 0.25) is 5.91 Å². The van der Waals surface area contributed by atoms with Gasteiger partial charge in [-0.15, -0.1) is 0 Å². The van der Waals surface area contributed by atoms with Gasteiger partial charge in [0.05, 0.1) is 6.33 Å². The van der Waals surface area contributed by atoms with Crippen LogP contribution in [0.25, 0.3) is 0 Å². The summed E-state index contributed by atoms with van der Waals surface area (Å²) in [5.74, 6) is -0.119. The van der Waals surface area contributed by atoms with Crippen molar-refractivity contribution in [2.24, 2.45) is 5.73 Å². The van der Waals surface area contributed by atoms with Gasteiger partial charge < -0.3 is 20.5 Å². The third-order valence-electron chi connectivity index (χ3n) is 4.97. The number of hydrogen-bond donors (Lipinski definition) is 2. The van der Waals surface area contributed by atoms with E-state index in [9.17, 15) is 9.59 Å². The number of rotatable bonds is 6. The number of nitrogens with zero attached hydrogens (tertiary/aromatic N) is 3. The Balaban J connectivity index is 1.63. The highest BCUT2D eigenvalue weighted by Gasteiger charge is 2.29. The van der Waals surface area contributed by atoms with E-state index in [0.717, 1.165) is 25.8 Å². The molecule has 1 aromatic heterocycles. The molecule has 2 unspecified atom stereocenters. The van der Waals surface area contributed by atoms with E-state index in [1.54, 1.807) is 36.8 Å². The molecule has 1 aliphatic heterocycles. The minimum Gasteiger partial charge on any atom is -0.337 e. The van der Waals surface area contributed by atoms with Gasteiger partial charge in [0, 0.05) is 55.2 Å². The highest BCUT2D eigenvalue weighted by Crippen LogP contribution is 2.22. The molecule has 0 aliphatic carbocycles. The Morgan fingerprint density at radius 3 is 2.96 bits per heavy atom. The Morgan fingerprint density at radius 2 is 2.22 bits per heavy atom. The molecule has 0 bridgehead atoms. The zero-order chi connectivity index (χ0) is 19.2. The molecule has 144 valence electrons. The standard InChI is InChI=1S/C20H27N5O2/c1-15(21)18-7-2-3-10-25(18)20(27)16-5-4-6-17(13-16)23-19(26)8-11-24-12-9-22-14-24/h4-6,9,12-15,18H,2-3,7-8,10-11,21H2,1H3,(H,23,26). The smallest absolute Gasteiger partial charge is 0.254 e. The summed E-state index contributed by atoms with van der Waals surface area (Å²) in [7, 11) is 0. The quantitative estimate of drug-likeness (QED) is 0.817. The number of aromatic nitrogens is 2. The number of anilines is 1. The maximum atomic E-state index is 13.0. The predicted molar refractivity (Wildman–Crippen MR) is 104 cm³/mol. The Hall–Kier alpha value is -2.67. The summed E-state index contributed by atoms with van der Waals surface area (Å²) in [6, 6.07) is 7.13. The number of hydrogen-bond acceptors (Lipinski definition) is 4. The number of carbonyl (C=O) groups is 2. The van der Waals surface area contributed by atoms with Gasteiger partial charge in [0.15, 0.2) is 0 Å². The molecule has 1 aromatic carbocycles. The predicted octanol–water partition coefficient (Wildman–Crippen LogP) is 2.25. The molecule has 2 atom stereocenters. The molecule has 1 saturated heterocycles. The van der Waals surface area contributed by atoms with E-state index < -0.39 is 0 Å². The second-order valence-electron chi connectivity index (χ2n) is 7.10. The van der Waals surface area contributed by atoms with Crippen molar-refractivity contribution >= 4 is 17.5 Å². The summed E-state index contributed by atoms with van der Waals surface area (Å²) in [5.41, 5.74) is 7.29. The number of nitrogens with two attached hydrogens (primary N) is 1. The summed E-state index contributed by atoms with van der Waals surface area (Å²) in [4.78, 5) is 31.0. The number of amides is 2. The number of likely N-dealkylation sites (tertiary alicyclic amines) is 1. The number of carbonyl (C=O) groups excluding carboxylic acids is 2. The largest absolute Gasteiger partial charge is 0.337 e. The van der Waals surface area contributed by atoms with Gasteiger partial charge in [-0.25, -0.2) is 4.98 Å². The zero-order valence-electron chi connectivity index (χ0n) is 15.7. The average Bonchev–Trinajstić information content (AvgIpc) is 3.19. The van der Waals surface area contributed by atoms with E-state index in [-0.39, 0.29) is 23.9 Å². The van der Waals surface area contributed by atoms with E-state index in [0.29, 0.717) is 24.2 Å². The van der Waals surface area contributed by atoms with Crippen LogP contribution in [0.5, 0.6) is 0 Å². The van der Waals surface area contributed by atoms with Gasteiger partial charge in [-0.3, -0.25) is 9.59 Å². The van der Waals surface area contributed by atoms with Crippen LogP contribution in [0.2, 0.25) is 0 Å². The Labute approximate surface area is 159 Å². The Bertz CT molecular complexity index is 772. The van der Waals surface area contributed by atoms with Crippen molar-refractivity contribution in [3.63, 3.8) is 0 Å². The average molecular weight is 369 g/mol. The molecule has 1 aliphatic rings. The molecule has 1 fully saturated rings. The molecule has 7 nitrogen and oxygen atoms in total. The lowest BCUT2D eigenvalue weighted by atomic mass is 9.96. The van der Waals surface area contributed by atoms with Crippen molar-refractivity contribution in [1.29, 1.82) is 0 Å². The highest BCUT2D eigenvalue weighted by atomic mass is 16.2. The number of piperidine rings is 1. The molecule has 2 aromatic rings. The Morgan fingerprint density at radius 1 is 1.37 bits per heavy atom. The van der Waals surface area contributed by atoms with Crippen LogP contribution >= 0.6 is 0 Å². The normalized spacial score (nSPS) is 18.1. The molecule has 2 heterocycles. The van der Waals surface area contributed by atoms with Crippen LogP contribution in [-0.4, -0.2) is 44.9 Å². The fourth-order valence-corrected chi connectivity index (χ4v) is 3.53. The SMILES string of the molecule is CC(N)C1CCCCN1C(=O)c1cccc(NC(=O)CCn2ccnc2)c1. The molecule has 0 radical (unpaired) electrons. The van der Waals surface area contributed by atoms with Crippen LogP contribution in [0.15, 0.2) is 43.0 Å². The molecule has 27 heavy (non-hydrogen) atoms. The third-order valence-corrected chi connectivity index (χ3v) is 4.97. The van der Waals surface area contributed by atoms with Crippen LogP contribution in [0, 0.1) is 0 Å². The molecule has 0 saturated carbocycles. The number of imidazole rings is 1. The Kier molecular flexibility index (Phi) is 6.24. The fourth-order valence-electron chi connectivity index (χ4n) is 3.53.